The lowest BCUT2D eigenvalue weighted by Gasteiger charge is -2.02. The molecule has 0 aromatic heterocycles. The number of rotatable bonds is 7. The molecule has 0 aliphatic rings. The maximum Gasteiger partial charge on any atom is 0.305 e. The predicted octanol–water partition coefficient (Wildman–Crippen LogP) is 1.32. The molecule has 0 unspecified atom stereocenters. The summed E-state index contributed by atoms with van der Waals surface area (Å²) in [7, 11) is 0. The zero-order chi connectivity index (χ0) is 9.23. The third-order valence-corrected chi connectivity index (χ3v) is 1.60. The number of hydrogen-bond acceptors (Lipinski definition) is 3. The fourth-order valence-electron chi connectivity index (χ4n) is 0.678. The number of ether oxygens (including phenoxy) is 1. The van der Waals surface area contributed by atoms with Gasteiger partial charge in [-0.05, 0) is 19.3 Å². The van der Waals surface area contributed by atoms with Crippen molar-refractivity contribution in [1.82, 2.24) is 0 Å². The highest BCUT2D eigenvalue weighted by Crippen LogP contribution is 1.96. The maximum absolute atomic E-state index is 10.8. The number of alkyl halides is 1. The van der Waals surface area contributed by atoms with Gasteiger partial charge in [0, 0.05) is 18.9 Å². The Hall–Kier alpha value is -0.280. The van der Waals surface area contributed by atoms with Crippen LogP contribution >= 0.6 is 11.6 Å². The van der Waals surface area contributed by atoms with Crippen LogP contribution in [0.3, 0.4) is 0 Å². The molecule has 0 aliphatic heterocycles. The van der Waals surface area contributed by atoms with Gasteiger partial charge in [-0.25, -0.2) is 0 Å². The summed E-state index contributed by atoms with van der Waals surface area (Å²) in [6.07, 6.45) is 2.47. The van der Waals surface area contributed by atoms with Crippen molar-refractivity contribution in [3.8, 4) is 0 Å². The summed E-state index contributed by atoms with van der Waals surface area (Å²) in [5.41, 5.74) is 0. The first-order valence-corrected chi connectivity index (χ1v) is 4.67. The van der Waals surface area contributed by atoms with Crippen molar-refractivity contribution in [2.45, 2.75) is 25.7 Å². The molecule has 0 heterocycles. The molecular weight excluding hydrogens is 180 g/mol. The van der Waals surface area contributed by atoms with E-state index in [2.05, 4.69) is 0 Å². The fourth-order valence-corrected chi connectivity index (χ4v) is 0.867. The summed E-state index contributed by atoms with van der Waals surface area (Å²) < 4.78 is 4.84. The van der Waals surface area contributed by atoms with E-state index in [1.807, 2.05) is 0 Å². The minimum atomic E-state index is -0.237. The minimum absolute atomic E-state index is 0.0385. The molecule has 0 radical (unpaired) electrons. The van der Waals surface area contributed by atoms with Gasteiger partial charge < -0.3 is 9.84 Å². The fraction of sp³-hybridized carbons (Fsp3) is 0.875. The Morgan fingerprint density at radius 2 is 2.08 bits per heavy atom. The topological polar surface area (TPSA) is 46.5 Å². The lowest BCUT2D eigenvalue weighted by atomic mass is 10.3. The van der Waals surface area contributed by atoms with Gasteiger partial charge in [0.1, 0.15) is 0 Å². The second-order valence-corrected chi connectivity index (χ2v) is 2.82. The quantitative estimate of drug-likeness (QED) is 0.378. The second kappa shape index (κ2) is 8.81. The third kappa shape index (κ3) is 7.82. The van der Waals surface area contributed by atoms with Crippen molar-refractivity contribution in [3.63, 3.8) is 0 Å². The Kier molecular flexibility index (Phi) is 8.61. The number of halogens is 1. The van der Waals surface area contributed by atoms with Crippen molar-refractivity contribution < 1.29 is 14.6 Å². The molecule has 0 atom stereocenters. The second-order valence-electron chi connectivity index (χ2n) is 2.44. The molecule has 4 heteroatoms. The van der Waals surface area contributed by atoms with Gasteiger partial charge in [-0.2, -0.15) is 0 Å². The minimum Gasteiger partial charge on any atom is -0.466 e. The molecule has 0 saturated heterocycles. The lowest BCUT2D eigenvalue weighted by molar-refractivity contribution is -0.144. The van der Waals surface area contributed by atoms with Crippen LogP contribution < -0.4 is 0 Å². The summed E-state index contributed by atoms with van der Waals surface area (Å²) in [6.45, 7) is 0.480. The van der Waals surface area contributed by atoms with Crippen LogP contribution in [0.2, 0.25) is 0 Å². The van der Waals surface area contributed by atoms with Crippen LogP contribution in [0.4, 0.5) is 0 Å². The number of aliphatic hydroxyl groups is 1. The number of unbranched alkanes of at least 4 members (excludes halogenated alkanes) is 1. The van der Waals surface area contributed by atoms with E-state index < -0.39 is 0 Å². The van der Waals surface area contributed by atoms with Crippen LogP contribution in [0.5, 0.6) is 0 Å². The molecule has 3 nitrogen and oxygen atoms in total. The maximum atomic E-state index is 10.8. The van der Waals surface area contributed by atoms with E-state index in [0.29, 0.717) is 25.3 Å². The van der Waals surface area contributed by atoms with E-state index in [1.54, 1.807) is 0 Å². The zero-order valence-electron chi connectivity index (χ0n) is 7.09. The van der Waals surface area contributed by atoms with Gasteiger partial charge in [-0.3, -0.25) is 4.79 Å². The first kappa shape index (κ1) is 11.7. The van der Waals surface area contributed by atoms with E-state index in [1.165, 1.54) is 0 Å². The predicted molar refractivity (Wildman–Crippen MR) is 47.2 cm³/mol. The van der Waals surface area contributed by atoms with Gasteiger partial charge >= 0.3 is 5.97 Å². The Morgan fingerprint density at radius 3 is 2.67 bits per heavy atom. The average Bonchev–Trinajstić information content (AvgIpc) is 2.09. The van der Waals surface area contributed by atoms with Gasteiger partial charge in [0.2, 0.25) is 0 Å². The molecular formula is C8H15ClO3. The summed E-state index contributed by atoms with van der Waals surface area (Å²) in [4.78, 5) is 10.8. The van der Waals surface area contributed by atoms with Gasteiger partial charge in [-0.15, -0.1) is 11.6 Å². The van der Waals surface area contributed by atoms with Crippen LogP contribution in [0.25, 0.3) is 0 Å². The van der Waals surface area contributed by atoms with E-state index >= 15 is 0 Å². The lowest BCUT2D eigenvalue weighted by Crippen LogP contribution is -2.06. The number of carbonyl (C=O) groups is 1. The van der Waals surface area contributed by atoms with Crippen LogP contribution in [-0.4, -0.2) is 30.2 Å². The smallest absolute Gasteiger partial charge is 0.305 e. The molecule has 0 spiro atoms. The molecule has 0 aromatic carbocycles. The molecule has 0 rings (SSSR count). The Morgan fingerprint density at radius 1 is 1.33 bits per heavy atom. The molecule has 72 valence electrons. The number of carbonyl (C=O) groups excluding carboxylic acids is 1. The highest BCUT2D eigenvalue weighted by atomic mass is 35.5. The normalized spacial score (nSPS) is 9.83. The van der Waals surface area contributed by atoms with Crippen molar-refractivity contribution >= 4 is 17.6 Å². The highest BCUT2D eigenvalue weighted by Gasteiger charge is 2.00. The largest absolute Gasteiger partial charge is 0.466 e. The van der Waals surface area contributed by atoms with Gasteiger partial charge in [-0.1, -0.05) is 0 Å². The first-order valence-electron chi connectivity index (χ1n) is 4.13. The number of hydrogen-bond donors (Lipinski definition) is 1. The van der Waals surface area contributed by atoms with Gasteiger partial charge in [0.05, 0.1) is 6.61 Å². The summed E-state index contributed by atoms with van der Waals surface area (Å²) in [6, 6.07) is 0. The average molecular weight is 195 g/mol. The van der Waals surface area contributed by atoms with Crippen LogP contribution in [-0.2, 0) is 9.53 Å². The van der Waals surface area contributed by atoms with Gasteiger partial charge in [0.25, 0.3) is 0 Å². The van der Waals surface area contributed by atoms with Crippen molar-refractivity contribution in [2.24, 2.45) is 0 Å². The highest BCUT2D eigenvalue weighted by molar-refractivity contribution is 6.17. The molecule has 0 bridgehead atoms. The van der Waals surface area contributed by atoms with Crippen LogP contribution in [0.15, 0.2) is 0 Å². The Labute approximate surface area is 77.7 Å². The number of aliphatic hydroxyl groups excluding tert-OH is 1. The van der Waals surface area contributed by atoms with Crippen molar-refractivity contribution in [2.75, 3.05) is 19.1 Å². The molecule has 12 heavy (non-hydrogen) atoms. The zero-order valence-corrected chi connectivity index (χ0v) is 7.85. The van der Waals surface area contributed by atoms with Crippen LogP contribution in [0, 0.1) is 0 Å². The molecule has 0 aliphatic carbocycles. The Balaban J connectivity index is 3.08. The van der Waals surface area contributed by atoms with Gasteiger partial charge in [0.15, 0.2) is 0 Å². The molecule has 1 N–H and O–H groups in total. The standard InChI is InChI=1S/C8H15ClO3/c9-5-1-2-7-12-8(11)4-3-6-10/h10H,1-7H2. The number of esters is 1. The SMILES string of the molecule is O=C(CCCO)OCCCCCl. The molecule has 0 aromatic rings. The summed E-state index contributed by atoms with van der Waals surface area (Å²) >= 11 is 5.43. The van der Waals surface area contributed by atoms with E-state index in [0.717, 1.165) is 12.8 Å². The van der Waals surface area contributed by atoms with Crippen molar-refractivity contribution in [3.05, 3.63) is 0 Å². The van der Waals surface area contributed by atoms with Crippen molar-refractivity contribution in [1.29, 1.82) is 0 Å². The van der Waals surface area contributed by atoms with Crippen LogP contribution in [0.1, 0.15) is 25.7 Å². The molecule has 0 fully saturated rings. The van der Waals surface area contributed by atoms with E-state index in [-0.39, 0.29) is 12.6 Å². The first-order chi connectivity index (χ1) is 5.81. The molecule has 0 saturated carbocycles. The summed E-state index contributed by atoms with van der Waals surface area (Å²) in [5.74, 6) is 0.368. The summed E-state index contributed by atoms with van der Waals surface area (Å²) in [5, 5.41) is 8.40. The molecule has 0 amide bonds. The van der Waals surface area contributed by atoms with E-state index in [4.69, 9.17) is 21.4 Å². The van der Waals surface area contributed by atoms with E-state index in [9.17, 15) is 4.79 Å². The Bertz CT molecular complexity index is 117. The third-order valence-electron chi connectivity index (χ3n) is 1.33. The monoisotopic (exact) mass is 194 g/mol.